The van der Waals surface area contributed by atoms with Gasteiger partial charge in [-0.25, -0.2) is 15.0 Å². The standard InChI is InChI=1S/C21H27N7O3.HI/c29-28(30)18-6-4-17(5-7-18)15-24-21(25-16-19-3-1-14-31-19)27-12-10-26(11-13-27)20-22-8-2-9-23-20;/h2,4-9,19H,1,3,10-16H2,(H,24,25);1H. The number of nitrogens with zero attached hydrogens (tertiary/aromatic N) is 6. The predicted molar refractivity (Wildman–Crippen MR) is 132 cm³/mol. The Morgan fingerprint density at radius 2 is 1.91 bits per heavy atom. The van der Waals surface area contributed by atoms with Crippen LogP contribution in [0, 0.1) is 10.1 Å². The molecule has 0 aliphatic carbocycles. The molecule has 2 aliphatic rings. The summed E-state index contributed by atoms with van der Waals surface area (Å²) < 4.78 is 5.74. The Morgan fingerprint density at radius 3 is 2.53 bits per heavy atom. The second kappa shape index (κ2) is 11.9. The van der Waals surface area contributed by atoms with Crippen molar-refractivity contribution < 1.29 is 9.66 Å². The molecule has 1 N–H and O–H groups in total. The van der Waals surface area contributed by atoms with Gasteiger partial charge in [-0.15, -0.1) is 24.0 Å². The zero-order chi connectivity index (χ0) is 21.5. The van der Waals surface area contributed by atoms with E-state index in [1.807, 2.05) is 6.07 Å². The second-order valence-corrected chi connectivity index (χ2v) is 7.60. The fourth-order valence-corrected chi connectivity index (χ4v) is 3.74. The van der Waals surface area contributed by atoms with Crippen molar-refractivity contribution in [1.29, 1.82) is 0 Å². The molecule has 4 rings (SSSR count). The molecule has 1 aromatic carbocycles. The van der Waals surface area contributed by atoms with Gasteiger partial charge >= 0.3 is 0 Å². The number of nitro benzene ring substituents is 1. The molecule has 1 atom stereocenters. The zero-order valence-electron chi connectivity index (χ0n) is 17.8. The lowest BCUT2D eigenvalue weighted by Gasteiger charge is -2.36. The summed E-state index contributed by atoms with van der Waals surface area (Å²) in [6.45, 7) is 5.21. The van der Waals surface area contributed by atoms with E-state index in [0.717, 1.165) is 69.6 Å². The summed E-state index contributed by atoms with van der Waals surface area (Å²) in [6, 6.07) is 8.36. The van der Waals surface area contributed by atoms with Crippen LogP contribution >= 0.6 is 24.0 Å². The van der Waals surface area contributed by atoms with Crippen molar-refractivity contribution in [2.45, 2.75) is 25.5 Å². The lowest BCUT2D eigenvalue weighted by atomic mass is 10.2. The Labute approximate surface area is 204 Å². The number of anilines is 1. The average Bonchev–Trinajstić information content (AvgIpc) is 3.34. The molecule has 1 aromatic heterocycles. The SMILES string of the molecule is I.O=[N+]([O-])c1ccc(CN=C(NCC2CCCO2)N2CCN(c3ncccn3)CC2)cc1. The van der Waals surface area contributed by atoms with E-state index >= 15 is 0 Å². The van der Waals surface area contributed by atoms with Crippen molar-refractivity contribution in [2.75, 3.05) is 44.2 Å². The molecule has 0 amide bonds. The third kappa shape index (κ3) is 6.48. The number of halogens is 1. The van der Waals surface area contributed by atoms with E-state index in [1.54, 1.807) is 24.5 Å². The minimum Gasteiger partial charge on any atom is -0.376 e. The average molecular weight is 553 g/mol. The lowest BCUT2D eigenvalue weighted by molar-refractivity contribution is -0.384. The van der Waals surface area contributed by atoms with E-state index < -0.39 is 4.92 Å². The normalized spacial score (nSPS) is 18.9. The fraction of sp³-hybridized carbons (Fsp3) is 0.476. The number of nitro groups is 1. The summed E-state index contributed by atoms with van der Waals surface area (Å²) in [7, 11) is 0. The number of rotatable bonds is 6. The van der Waals surface area contributed by atoms with Crippen LogP contribution in [0.1, 0.15) is 18.4 Å². The molecule has 32 heavy (non-hydrogen) atoms. The van der Waals surface area contributed by atoms with Crippen molar-refractivity contribution in [3.63, 3.8) is 0 Å². The van der Waals surface area contributed by atoms with E-state index in [1.165, 1.54) is 12.1 Å². The largest absolute Gasteiger partial charge is 0.376 e. The van der Waals surface area contributed by atoms with E-state index in [9.17, 15) is 10.1 Å². The Kier molecular flexibility index (Phi) is 8.97. The van der Waals surface area contributed by atoms with Crippen LogP contribution in [0.25, 0.3) is 0 Å². The van der Waals surface area contributed by atoms with Gasteiger partial charge in [-0.1, -0.05) is 12.1 Å². The minimum absolute atomic E-state index is 0. The van der Waals surface area contributed by atoms with E-state index in [4.69, 9.17) is 9.73 Å². The van der Waals surface area contributed by atoms with Gasteiger partial charge in [0.25, 0.3) is 5.69 Å². The van der Waals surface area contributed by atoms with Gasteiger partial charge in [-0.2, -0.15) is 0 Å². The molecule has 2 aliphatic heterocycles. The first-order valence-corrected chi connectivity index (χ1v) is 10.6. The Morgan fingerprint density at radius 1 is 1.19 bits per heavy atom. The highest BCUT2D eigenvalue weighted by molar-refractivity contribution is 14.0. The number of aromatic nitrogens is 2. The van der Waals surface area contributed by atoms with Crippen molar-refractivity contribution in [3.05, 3.63) is 58.4 Å². The number of non-ortho nitro benzene ring substituents is 1. The number of piperazine rings is 1. The second-order valence-electron chi connectivity index (χ2n) is 7.60. The number of nitrogens with one attached hydrogen (secondary N) is 1. The Balaban J connectivity index is 0.00000289. The molecule has 0 saturated carbocycles. The molecule has 10 nitrogen and oxygen atoms in total. The van der Waals surface area contributed by atoms with Gasteiger partial charge in [0.15, 0.2) is 5.96 Å². The third-order valence-electron chi connectivity index (χ3n) is 5.48. The summed E-state index contributed by atoms with van der Waals surface area (Å²) in [6.07, 6.45) is 5.88. The molecule has 2 aromatic rings. The number of hydrogen-bond acceptors (Lipinski definition) is 7. The van der Waals surface area contributed by atoms with Crippen LogP contribution < -0.4 is 10.2 Å². The van der Waals surface area contributed by atoms with Gasteiger partial charge in [0, 0.05) is 63.9 Å². The molecule has 2 saturated heterocycles. The fourth-order valence-electron chi connectivity index (χ4n) is 3.74. The summed E-state index contributed by atoms with van der Waals surface area (Å²) in [5, 5.41) is 14.3. The molecular formula is C21H28IN7O3. The molecule has 172 valence electrons. The van der Waals surface area contributed by atoms with E-state index in [0.29, 0.717) is 6.54 Å². The number of ether oxygens (including phenoxy) is 1. The highest BCUT2D eigenvalue weighted by Gasteiger charge is 2.23. The molecule has 1 unspecified atom stereocenters. The maximum absolute atomic E-state index is 10.9. The van der Waals surface area contributed by atoms with Crippen LogP contribution in [0.3, 0.4) is 0 Å². The maximum atomic E-state index is 10.9. The summed E-state index contributed by atoms with van der Waals surface area (Å²) >= 11 is 0. The van der Waals surface area contributed by atoms with Crippen molar-refractivity contribution in [2.24, 2.45) is 4.99 Å². The predicted octanol–water partition coefficient (Wildman–Crippen LogP) is 2.45. The summed E-state index contributed by atoms with van der Waals surface area (Å²) in [4.78, 5) is 28.4. The zero-order valence-corrected chi connectivity index (χ0v) is 20.1. The van der Waals surface area contributed by atoms with Crippen LogP contribution in [-0.4, -0.2) is 71.2 Å². The van der Waals surface area contributed by atoms with Crippen LogP contribution in [0.2, 0.25) is 0 Å². The quantitative estimate of drug-likeness (QED) is 0.191. The number of aliphatic imine (C=N–C) groups is 1. The highest BCUT2D eigenvalue weighted by atomic mass is 127. The van der Waals surface area contributed by atoms with Gasteiger partial charge < -0.3 is 19.9 Å². The van der Waals surface area contributed by atoms with Gasteiger partial charge in [0.1, 0.15) is 0 Å². The number of guanidine groups is 1. The maximum Gasteiger partial charge on any atom is 0.269 e. The van der Waals surface area contributed by atoms with Crippen LogP contribution in [0.4, 0.5) is 11.6 Å². The first kappa shape index (κ1) is 24.1. The first-order valence-electron chi connectivity index (χ1n) is 10.6. The summed E-state index contributed by atoms with van der Waals surface area (Å²) in [5.74, 6) is 1.58. The smallest absolute Gasteiger partial charge is 0.269 e. The van der Waals surface area contributed by atoms with Gasteiger partial charge in [-0.3, -0.25) is 10.1 Å². The Bertz CT molecular complexity index is 884. The summed E-state index contributed by atoms with van der Waals surface area (Å²) in [5.41, 5.74) is 1.02. The molecule has 0 bridgehead atoms. The van der Waals surface area contributed by atoms with Gasteiger partial charge in [-0.05, 0) is 24.5 Å². The van der Waals surface area contributed by atoms with Crippen molar-refractivity contribution >= 4 is 41.6 Å². The van der Waals surface area contributed by atoms with Crippen LogP contribution in [-0.2, 0) is 11.3 Å². The minimum atomic E-state index is -0.391. The number of hydrogen-bond donors (Lipinski definition) is 1. The molecule has 0 spiro atoms. The number of benzene rings is 1. The topological polar surface area (TPSA) is 109 Å². The van der Waals surface area contributed by atoms with Crippen molar-refractivity contribution in [3.8, 4) is 0 Å². The van der Waals surface area contributed by atoms with Crippen LogP contribution in [0.15, 0.2) is 47.7 Å². The molecular weight excluding hydrogens is 525 g/mol. The van der Waals surface area contributed by atoms with Crippen LogP contribution in [0.5, 0.6) is 0 Å². The van der Waals surface area contributed by atoms with Gasteiger partial charge in [0.05, 0.1) is 17.6 Å². The molecule has 0 radical (unpaired) electrons. The highest BCUT2D eigenvalue weighted by Crippen LogP contribution is 2.15. The van der Waals surface area contributed by atoms with Gasteiger partial charge in [0.2, 0.25) is 5.95 Å². The van der Waals surface area contributed by atoms with Crippen molar-refractivity contribution in [1.82, 2.24) is 20.2 Å². The lowest BCUT2D eigenvalue weighted by Crippen LogP contribution is -2.53. The van der Waals surface area contributed by atoms with E-state index in [-0.39, 0.29) is 35.8 Å². The molecule has 11 heteroatoms. The Hall–Kier alpha value is -2.54. The first-order chi connectivity index (χ1) is 15.2. The molecule has 2 fully saturated rings. The monoisotopic (exact) mass is 553 g/mol. The van der Waals surface area contributed by atoms with E-state index in [2.05, 4.69) is 25.1 Å². The third-order valence-corrected chi connectivity index (χ3v) is 5.48. The molecule has 3 heterocycles.